The van der Waals surface area contributed by atoms with Crippen LogP contribution in [0.4, 0.5) is 22.0 Å². The van der Waals surface area contributed by atoms with Crippen LogP contribution in [-0.4, -0.2) is 26.0 Å². The van der Waals surface area contributed by atoms with Crippen LogP contribution in [0.1, 0.15) is 37.8 Å². The SMILES string of the molecule is CN[C@]1(c2cccc(OS(=O)(=O)C(F)(F)F)n2)CCCC(/C=C(\N)C2=C(F)CCC=C2F)=C1N. The molecule has 0 aliphatic heterocycles. The number of rotatable bonds is 6. The largest absolute Gasteiger partial charge is 0.534 e. The van der Waals surface area contributed by atoms with Crippen molar-refractivity contribution in [2.45, 2.75) is 43.2 Å². The summed E-state index contributed by atoms with van der Waals surface area (Å²) in [4.78, 5) is 3.95. The Kier molecular flexibility index (Phi) is 7.08. The number of hydrogen-bond donors (Lipinski definition) is 3. The van der Waals surface area contributed by atoms with Crippen LogP contribution in [0.3, 0.4) is 0 Å². The zero-order chi connectivity index (χ0) is 25.3. The molecule has 7 nitrogen and oxygen atoms in total. The van der Waals surface area contributed by atoms with E-state index in [0.29, 0.717) is 24.8 Å². The summed E-state index contributed by atoms with van der Waals surface area (Å²) in [7, 11) is -4.38. The van der Waals surface area contributed by atoms with Crippen LogP contribution in [0.25, 0.3) is 0 Å². The first-order valence-corrected chi connectivity index (χ1v) is 11.6. The van der Waals surface area contributed by atoms with Gasteiger partial charge in [-0.2, -0.15) is 21.6 Å². The number of pyridine rings is 1. The fraction of sp³-hybridized carbons (Fsp3) is 0.381. The Hall–Kier alpha value is -2.93. The minimum Gasteiger partial charge on any atom is -0.400 e. The van der Waals surface area contributed by atoms with Gasteiger partial charge < -0.3 is 21.0 Å². The smallest absolute Gasteiger partial charge is 0.400 e. The molecule has 34 heavy (non-hydrogen) atoms. The molecule has 1 aromatic rings. The van der Waals surface area contributed by atoms with E-state index in [0.717, 1.165) is 6.07 Å². The van der Waals surface area contributed by atoms with Gasteiger partial charge in [0.2, 0.25) is 5.88 Å². The van der Waals surface area contributed by atoms with Gasteiger partial charge in [0.15, 0.2) is 0 Å². The van der Waals surface area contributed by atoms with E-state index in [2.05, 4.69) is 14.5 Å². The highest BCUT2D eigenvalue weighted by atomic mass is 32.2. The number of alkyl halides is 3. The number of nitrogens with zero attached hydrogens (tertiary/aromatic N) is 1. The summed E-state index contributed by atoms with van der Waals surface area (Å²) in [5, 5.41) is 2.99. The molecule has 0 fully saturated rings. The Balaban J connectivity index is 2.04. The average Bonchev–Trinajstić information content (AvgIpc) is 2.74. The molecule has 0 aromatic carbocycles. The molecule has 1 heterocycles. The van der Waals surface area contributed by atoms with Crippen LogP contribution in [0.5, 0.6) is 5.88 Å². The standard InChI is InChI=1S/C21H23F5N4O3S/c1-29-20(16-8-3-9-17(30-16)33-34(31,32)21(24,25)26)10-4-5-12(19(20)28)11-15(27)18-13(22)6-2-7-14(18)23/h3,6,8-9,11,29H,2,4-5,7,10,27-28H2,1H3/b15-11-/t20-/m0/s1. The highest BCUT2D eigenvalue weighted by Crippen LogP contribution is 2.40. The number of allylic oxidation sites excluding steroid dienone is 5. The van der Waals surface area contributed by atoms with Crippen LogP contribution in [-0.2, 0) is 15.7 Å². The molecule has 0 radical (unpaired) electrons. The van der Waals surface area contributed by atoms with Gasteiger partial charge in [0, 0.05) is 23.9 Å². The molecule has 5 N–H and O–H groups in total. The van der Waals surface area contributed by atoms with E-state index >= 15 is 0 Å². The molecule has 0 unspecified atom stereocenters. The molecule has 2 aliphatic carbocycles. The number of hydrogen-bond acceptors (Lipinski definition) is 7. The van der Waals surface area contributed by atoms with Gasteiger partial charge in [-0.3, -0.25) is 0 Å². The van der Waals surface area contributed by atoms with Gasteiger partial charge >= 0.3 is 15.6 Å². The third kappa shape index (κ3) is 4.80. The lowest BCUT2D eigenvalue weighted by molar-refractivity contribution is -0.0501. The van der Waals surface area contributed by atoms with E-state index in [-0.39, 0.29) is 35.5 Å². The molecule has 186 valence electrons. The number of aromatic nitrogens is 1. The summed E-state index contributed by atoms with van der Waals surface area (Å²) in [6.07, 6.45) is 4.10. The third-order valence-electron chi connectivity index (χ3n) is 5.69. The molecule has 0 saturated carbocycles. The van der Waals surface area contributed by atoms with Gasteiger partial charge in [-0.05, 0) is 56.5 Å². The van der Waals surface area contributed by atoms with Gasteiger partial charge in [0.25, 0.3) is 0 Å². The normalized spacial score (nSPS) is 22.6. The zero-order valence-electron chi connectivity index (χ0n) is 18.0. The van der Waals surface area contributed by atoms with Crippen molar-refractivity contribution in [1.29, 1.82) is 0 Å². The van der Waals surface area contributed by atoms with Crippen molar-refractivity contribution >= 4 is 10.1 Å². The number of nitrogens with one attached hydrogen (secondary N) is 1. The zero-order valence-corrected chi connectivity index (χ0v) is 18.9. The molecule has 0 saturated heterocycles. The van der Waals surface area contributed by atoms with Crippen molar-refractivity contribution in [2.24, 2.45) is 11.5 Å². The Labute approximate surface area is 193 Å². The van der Waals surface area contributed by atoms with E-state index < -0.39 is 38.7 Å². The van der Waals surface area contributed by atoms with Gasteiger partial charge in [-0.25, -0.2) is 13.8 Å². The van der Waals surface area contributed by atoms with Gasteiger partial charge in [0.1, 0.15) is 17.2 Å². The van der Waals surface area contributed by atoms with E-state index in [1.807, 2.05) is 0 Å². The maximum Gasteiger partial charge on any atom is 0.534 e. The number of halogens is 5. The third-order valence-corrected chi connectivity index (χ3v) is 6.64. The number of likely N-dealkylation sites (N-methyl/N-ethyl adjacent to an activating group) is 1. The lowest BCUT2D eigenvalue weighted by atomic mass is 9.77. The Morgan fingerprint density at radius 3 is 2.59 bits per heavy atom. The second-order valence-electron chi connectivity index (χ2n) is 7.76. The molecule has 0 spiro atoms. The lowest BCUT2D eigenvalue weighted by Gasteiger charge is -2.38. The second-order valence-corrected chi connectivity index (χ2v) is 9.30. The molecule has 0 bridgehead atoms. The fourth-order valence-electron chi connectivity index (χ4n) is 3.99. The summed E-state index contributed by atoms with van der Waals surface area (Å²) in [6, 6.07) is 3.68. The van der Waals surface area contributed by atoms with E-state index in [9.17, 15) is 30.4 Å². The molecular formula is C21H23F5N4O3S. The minimum absolute atomic E-state index is 0.0177. The van der Waals surface area contributed by atoms with E-state index in [4.69, 9.17) is 11.5 Å². The van der Waals surface area contributed by atoms with Crippen molar-refractivity contribution in [1.82, 2.24) is 10.3 Å². The molecule has 0 amide bonds. The number of nitrogens with two attached hydrogens (primary N) is 2. The van der Waals surface area contributed by atoms with Crippen molar-refractivity contribution in [2.75, 3.05) is 7.05 Å². The van der Waals surface area contributed by atoms with Crippen LogP contribution in [0, 0.1) is 0 Å². The average molecular weight is 506 g/mol. The van der Waals surface area contributed by atoms with Gasteiger partial charge in [0.05, 0.1) is 11.3 Å². The van der Waals surface area contributed by atoms with E-state index in [1.54, 1.807) is 0 Å². The molecular weight excluding hydrogens is 483 g/mol. The summed E-state index contributed by atoms with van der Waals surface area (Å²) in [6.45, 7) is 0. The van der Waals surface area contributed by atoms with Gasteiger partial charge in [-0.1, -0.05) is 6.07 Å². The highest BCUT2D eigenvalue weighted by Gasteiger charge is 2.49. The van der Waals surface area contributed by atoms with Crippen molar-refractivity contribution in [3.05, 3.63) is 70.2 Å². The first-order chi connectivity index (χ1) is 15.8. The second kappa shape index (κ2) is 9.37. The Bertz CT molecular complexity index is 1210. The predicted octanol–water partition coefficient (Wildman–Crippen LogP) is 3.83. The summed E-state index contributed by atoms with van der Waals surface area (Å²) < 4.78 is 93.4. The molecule has 13 heteroatoms. The fourth-order valence-corrected chi connectivity index (χ4v) is 4.40. The van der Waals surface area contributed by atoms with Crippen molar-refractivity contribution in [3.63, 3.8) is 0 Å². The van der Waals surface area contributed by atoms with Gasteiger partial charge in [-0.15, -0.1) is 0 Å². The molecule has 3 rings (SSSR count). The molecule has 1 aromatic heterocycles. The van der Waals surface area contributed by atoms with Crippen LogP contribution < -0.4 is 21.0 Å². The topological polar surface area (TPSA) is 120 Å². The highest BCUT2D eigenvalue weighted by molar-refractivity contribution is 7.87. The molecule has 2 aliphatic rings. The summed E-state index contributed by atoms with van der Waals surface area (Å²) >= 11 is 0. The summed E-state index contributed by atoms with van der Waals surface area (Å²) in [5.74, 6) is -2.24. The maximum absolute atomic E-state index is 14.2. The molecule has 1 atom stereocenters. The van der Waals surface area contributed by atoms with Crippen molar-refractivity contribution in [3.8, 4) is 5.88 Å². The van der Waals surface area contributed by atoms with E-state index in [1.165, 1.54) is 31.3 Å². The first-order valence-electron chi connectivity index (χ1n) is 10.2. The Morgan fingerprint density at radius 2 is 1.97 bits per heavy atom. The van der Waals surface area contributed by atoms with Crippen LogP contribution in [0.15, 0.2) is 64.5 Å². The first kappa shape index (κ1) is 25.7. The lowest BCUT2D eigenvalue weighted by Crippen LogP contribution is -2.47. The Morgan fingerprint density at radius 1 is 1.26 bits per heavy atom. The van der Waals surface area contributed by atoms with Crippen molar-refractivity contribution < 1.29 is 34.6 Å². The predicted molar refractivity (Wildman–Crippen MR) is 114 cm³/mol. The minimum atomic E-state index is -5.92. The summed E-state index contributed by atoms with van der Waals surface area (Å²) in [5.41, 5.74) is 5.79. The maximum atomic E-state index is 14.2. The van der Waals surface area contributed by atoms with Crippen LogP contribution >= 0.6 is 0 Å². The quantitative estimate of drug-likeness (QED) is 0.305. The van der Waals surface area contributed by atoms with Crippen LogP contribution in [0.2, 0.25) is 0 Å². The monoisotopic (exact) mass is 506 g/mol.